The number of halogens is 2. The molecule has 0 unspecified atom stereocenters. The molecule has 1 aromatic rings. The molecule has 0 spiro atoms. The molecule has 0 amide bonds. The van der Waals surface area contributed by atoms with Gasteiger partial charge in [0.05, 0.1) is 5.56 Å². The highest BCUT2D eigenvalue weighted by Crippen LogP contribution is 2.22. The summed E-state index contributed by atoms with van der Waals surface area (Å²) < 4.78 is 26.1. The zero-order valence-corrected chi connectivity index (χ0v) is 9.51. The average Bonchev–Trinajstić information content (AvgIpc) is 2.30. The number of ketones is 1. The van der Waals surface area contributed by atoms with E-state index in [-0.39, 0.29) is 17.8 Å². The van der Waals surface area contributed by atoms with Crippen LogP contribution in [0.4, 0.5) is 8.78 Å². The lowest BCUT2D eigenvalue weighted by molar-refractivity contribution is 0.0987. The second-order valence-electron chi connectivity index (χ2n) is 4.33. The number of rotatable bonds is 3. The molecule has 17 heavy (non-hydrogen) atoms. The minimum absolute atomic E-state index is 0.0159. The van der Waals surface area contributed by atoms with Gasteiger partial charge in [0.25, 0.3) is 0 Å². The van der Waals surface area contributed by atoms with Crippen LogP contribution in [0.25, 0.3) is 0 Å². The Kier molecular flexibility index (Phi) is 3.67. The predicted molar refractivity (Wildman–Crippen MR) is 61.9 cm³/mol. The van der Waals surface area contributed by atoms with Gasteiger partial charge in [0.2, 0.25) is 0 Å². The first kappa shape index (κ1) is 12.0. The maximum atomic E-state index is 13.4. The van der Waals surface area contributed by atoms with Crippen LogP contribution in [-0.4, -0.2) is 5.78 Å². The summed E-state index contributed by atoms with van der Waals surface area (Å²) in [5, 5.41) is 0. The Hall–Kier alpha value is -1.51. The Morgan fingerprint density at radius 1 is 1.24 bits per heavy atom. The molecule has 0 fully saturated rings. The lowest BCUT2D eigenvalue weighted by Gasteiger charge is -2.12. The molecule has 1 aliphatic rings. The summed E-state index contributed by atoms with van der Waals surface area (Å²) in [5.74, 6) is -1.70. The van der Waals surface area contributed by atoms with Gasteiger partial charge in [0.1, 0.15) is 11.6 Å². The third-order valence-corrected chi connectivity index (χ3v) is 3.00. The molecule has 0 heterocycles. The minimum Gasteiger partial charge on any atom is -0.294 e. The van der Waals surface area contributed by atoms with Crippen molar-refractivity contribution >= 4 is 5.78 Å². The van der Waals surface area contributed by atoms with Crippen LogP contribution in [0.1, 0.15) is 42.5 Å². The van der Waals surface area contributed by atoms with Crippen LogP contribution in [0.5, 0.6) is 0 Å². The summed E-state index contributed by atoms with van der Waals surface area (Å²) in [4.78, 5) is 11.8. The molecule has 0 aliphatic heterocycles. The smallest absolute Gasteiger partial charge is 0.169 e. The second-order valence-corrected chi connectivity index (χ2v) is 4.33. The van der Waals surface area contributed by atoms with Gasteiger partial charge in [-0.15, -0.1) is 0 Å². The van der Waals surface area contributed by atoms with Gasteiger partial charge < -0.3 is 0 Å². The van der Waals surface area contributed by atoms with Gasteiger partial charge in [0, 0.05) is 12.5 Å². The summed E-state index contributed by atoms with van der Waals surface area (Å²) in [7, 11) is 0. The molecule has 0 aromatic heterocycles. The van der Waals surface area contributed by atoms with E-state index >= 15 is 0 Å². The molecule has 0 saturated heterocycles. The highest BCUT2D eigenvalue weighted by atomic mass is 19.1. The number of hydrogen-bond donors (Lipinski definition) is 0. The maximum absolute atomic E-state index is 13.4. The van der Waals surface area contributed by atoms with E-state index in [1.165, 1.54) is 6.07 Å². The summed E-state index contributed by atoms with van der Waals surface area (Å²) in [6, 6.07) is 3.09. The van der Waals surface area contributed by atoms with Crippen LogP contribution >= 0.6 is 0 Å². The fourth-order valence-corrected chi connectivity index (χ4v) is 2.08. The lowest BCUT2D eigenvalue weighted by atomic mass is 9.93. The van der Waals surface area contributed by atoms with E-state index in [9.17, 15) is 13.6 Å². The van der Waals surface area contributed by atoms with Crippen molar-refractivity contribution in [2.24, 2.45) is 0 Å². The zero-order chi connectivity index (χ0) is 12.3. The van der Waals surface area contributed by atoms with Gasteiger partial charge in [0.15, 0.2) is 5.78 Å². The number of benzene rings is 1. The van der Waals surface area contributed by atoms with Crippen LogP contribution in [0.15, 0.2) is 29.8 Å². The maximum Gasteiger partial charge on any atom is 0.169 e. The molecular formula is C14H14F2O. The van der Waals surface area contributed by atoms with E-state index in [1.807, 2.05) is 0 Å². The Morgan fingerprint density at radius 2 is 2.06 bits per heavy atom. The Bertz CT molecular complexity index is 463. The summed E-state index contributed by atoms with van der Waals surface area (Å²) in [5.41, 5.74) is 1.06. The number of Topliss-reactive ketones (excluding diaryl/α,β-unsaturated/α-hetero) is 1. The van der Waals surface area contributed by atoms with Gasteiger partial charge >= 0.3 is 0 Å². The SMILES string of the molecule is O=C(CC1=CCCCC1)c1ccc(F)cc1F. The van der Waals surface area contributed by atoms with Gasteiger partial charge in [-0.1, -0.05) is 11.6 Å². The molecule has 0 radical (unpaired) electrons. The van der Waals surface area contributed by atoms with Crippen molar-refractivity contribution in [1.29, 1.82) is 0 Å². The van der Waals surface area contributed by atoms with E-state index in [1.54, 1.807) is 0 Å². The van der Waals surface area contributed by atoms with Crippen LogP contribution in [0.2, 0.25) is 0 Å². The third-order valence-electron chi connectivity index (χ3n) is 3.00. The summed E-state index contributed by atoms with van der Waals surface area (Å²) in [6.45, 7) is 0. The van der Waals surface area contributed by atoms with Crippen molar-refractivity contribution in [1.82, 2.24) is 0 Å². The molecule has 1 nitrogen and oxygen atoms in total. The molecule has 0 bridgehead atoms. The fraction of sp³-hybridized carbons (Fsp3) is 0.357. The zero-order valence-electron chi connectivity index (χ0n) is 9.51. The van der Waals surface area contributed by atoms with Crippen LogP contribution in [-0.2, 0) is 0 Å². The third kappa shape index (κ3) is 2.99. The molecule has 90 valence electrons. The Morgan fingerprint density at radius 3 is 2.71 bits per heavy atom. The number of allylic oxidation sites excluding steroid dienone is 2. The fourth-order valence-electron chi connectivity index (χ4n) is 2.08. The first-order chi connectivity index (χ1) is 8.16. The summed E-state index contributed by atoms with van der Waals surface area (Å²) in [6.07, 6.45) is 6.46. The Labute approximate surface area is 99.1 Å². The van der Waals surface area contributed by atoms with E-state index in [0.717, 1.165) is 43.4 Å². The van der Waals surface area contributed by atoms with Crippen molar-refractivity contribution < 1.29 is 13.6 Å². The average molecular weight is 236 g/mol. The van der Waals surface area contributed by atoms with E-state index < -0.39 is 11.6 Å². The van der Waals surface area contributed by atoms with E-state index in [4.69, 9.17) is 0 Å². The number of hydrogen-bond acceptors (Lipinski definition) is 1. The molecule has 3 heteroatoms. The van der Waals surface area contributed by atoms with Crippen LogP contribution < -0.4 is 0 Å². The van der Waals surface area contributed by atoms with Gasteiger partial charge in [-0.3, -0.25) is 4.79 Å². The summed E-state index contributed by atoms with van der Waals surface area (Å²) >= 11 is 0. The van der Waals surface area contributed by atoms with Crippen LogP contribution in [0, 0.1) is 11.6 Å². The van der Waals surface area contributed by atoms with Crippen LogP contribution in [0.3, 0.4) is 0 Å². The van der Waals surface area contributed by atoms with Crippen molar-refractivity contribution in [3.8, 4) is 0 Å². The topological polar surface area (TPSA) is 17.1 Å². The predicted octanol–water partition coefficient (Wildman–Crippen LogP) is 4.04. The number of carbonyl (C=O) groups is 1. The number of carbonyl (C=O) groups excluding carboxylic acids is 1. The largest absolute Gasteiger partial charge is 0.294 e. The molecular weight excluding hydrogens is 222 g/mol. The molecule has 0 saturated carbocycles. The van der Waals surface area contributed by atoms with Crippen molar-refractivity contribution in [3.63, 3.8) is 0 Å². The van der Waals surface area contributed by atoms with E-state index in [0.29, 0.717) is 0 Å². The highest BCUT2D eigenvalue weighted by molar-refractivity contribution is 5.97. The highest BCUT2D eigenvalue weighted by Gasteiger charge is 2.15. The van der Waals surface area contributed by atoms with Gasteiger partial charge in [-0.25, -0.2) is 8.78 Å². The van der Waals surface area contributed by atoms with Crippen molar-refractivity contribution in [2.75, 3.05) is 0 Å². The first-order valence-electron chi connectivity index (χ1n) is 5.83. The standard InChI is InChI=1S/C14H14F2O/c15-11-6-7-12(13(16)9-11)14(17)8-10-4-2-1-3-5-10/h4,6-7,9H,1-3,5,8H2. The van der Waals surface area contributed by atoms with Gasteiger partial charge in [-0.05, 0) is 37.8 Å². The molecule has 0 atom stereocenters. The first-order valence-corrected chi connectivity index (χ1v) is 5.83. The lowest BCUT2D eigenvalue weighted by Crippen LogP contribution is -2.05. The van der Waals surface area contributed by atoms with Gasteiger partial charge in [-0.2, -0.15) is 0 Å². The quantitative estimate of drug-likeness (QED) is 0.572. The van der Waals surface area contributed by atoms with Crippen molar-refractivity contribution in [2.45, 2.75) is 32.1 Å². The van der Waals surface area contributed by atoms with Crippen molar-refractivity contribution in [3.05, 3.63) is 47.0 Å². The molecule has 2 rings (SSSR count). The Balaban J connectivity index is 2.11. The minimum atomic E-state index is -0.772. The monoisotopic (exact) mass is 236 g/mol. The normalized spacial score (nSPS) is 15.5. The molecule has 1 aliphatic carbocycles. The molecule has 1 aromatic carbocycles. The second kappa shape index (κ2) is 5.21. The molecule has 0 N–H and O–H groups in total. The van der Waals surface area contributed by atoms with E-state index in [2.05, 4.69) is 6.08 Å².